The lowest BCUT2D eigenvalue weighted by Crippen LogP contribution is -2.40. The van der Waals surface area contributed by atoms with Crippen LogP contribution in [0.1, 0.15) is 24.3 Å². The minimum absolute atomic E-state index is 0.00742. The summed E-state index contributed by atoms with van der Waals surface area (Å²) in [5.74, 6) is -0.539. The molecule has 1 rings (SSSR count). The predicted molar refractivity (Wildman–Crippen MR) is 67.3 cm³/mol. The fourth-order valence-electron chi connectivity index (χ4n) is 1.35. The van der Waals surface area contributed by atoms with Gasteiger partial charge in [-0.1, -0.05) is 11.6 Å². The Balaban J connectivity index is 2.73. The molecule has 6 nitrogen and oxygen atoms in total. The standard InChI is InChI=1S/C11H15ClN4O2/c1-3-13-10(17)7-16(4-2)11(18)8-5-6-9(12)15-14-8/h5-6H,3-4,7H2,1-2H3,(H,13,17). The molecular weight excluding hydrogens is 256 g/mol. The van der Waals surface area contributed by atoms with E-state index >= 15 is 0 Å². The van der Waals surface area contributed by atoms with E-state index in [0.29, 0.717) is 13.1 Å². The third-order valence-corrected chi connectivity index (χ3v) is 2.43. The first kappa shape index (κ1) is 14.4. The van der Waals surface area contributed by atoms with Crippen molar-refractivity contribution in [3.05, 3.63) is 23.0 Å². The summed E-state index contributed by atoms with van der Waals surface area (Å²) in [6, 6.07) is 2.97. The highest BCUT2D eigenvalue weighted by Gasteiger charge is 2.18. The SMILES string of the molecule is CCNC(=O)CN(CC)C(=O)c1ccc(Cl)nn1. The van der Waals surface area contributed by atoms with Crippen molar-refractivity contribution in [2.75, 3.05) is 19.6 Å². The van der Waals surface area contributed by atoms with Crippen molar-refractivity contribution in [1.29, 1.82) is 0 Å². The summed E-state index contributed by atoms with van der Waals surface area (Å²) in [6.07, 6.45) is 0. The lowest BCUT2D eigenvalue weighted by Gasteiger charge is -2.19. The zero-order chi connectivity index (χ0) is 13.5. The predicted octanol–water partition coefficient (Wildman–Crippen LogP) is 0.728. The minimum atomic E-state index is -0.340. The van der Waals surface area contributed by atoms with E-state index in [-0.39, 0.29) is 29.2 Å². The first-order valence-electron chi connectivity index (χ1n) is 5.63. The van der Waals surface area contributed by atoms with Crippen LogP contribution in [0.4, 0.5) is 0 Å². The van der Waals surface area contributed by atoms with Crippen molar-refractivity contribution < 1.29 is 9.59 Å². The molecule has 0 aliphatic carbocycles. The molecule has 0 radical (unpaired) electrons. The number of amides is 2. The van der Waals surface area contributed by atoms with Crippen LogP contribution in [-0.2, 0) is 4.79 Å². The number of halogens is 1. The number of hydrogen-bond donors (Lipinski definition) is 1. The molecule has 0 atom stereocenters. The van der Waals surface area contributed by atoms with Crippen molar-refractivity contribution in [3.8, 4) is 0 Å². The second-order valence-corrected chi connectivity index (χ2v) is 3.90. The Kier molecular flexibility index (Phi) is 5.51. The average Bonchev–Trinajstić information content (AvgIpc) is 2.36. The van der Waals surface area contributed by atoms with Crippen molar-refractivity contribution in [3.63, 3.8) is 0 Å². The van der Waals surface area contributed by atoms with Gasteiger partial charge in [-0.3, -0.25) is 9.59 Å². The van der Waals surface area contributed by atoms with Gasteiger partial charge in [0, 0.05) is 13.1 Å². The summed E-state index contributed by atoms with van der Waals surface area (Å²) in [6.45, 7) is 4.57. The molecule has 1 aromatic heterocycles. The van der Waals surface area contributed by atoms with Crippen LogP contribution in [0.2, 0.25) is 5.15 Å². The van der Waals surface area contributed by atoms with E-state index < -0.39 is 0 Å². The molecular formula is C11H15ClN4O2. The van der Waals surface area contributed by atoms with Gasteiger partial charge >= 0.3 is 0 Å². The topological polar surface area (TPSA) is 75.2 Å². The number of likely N-dealkylation sites (N-methyl/N-ethyl adjacent to an activating group) is 2. The molecule has 0 aromatic carbocycles. The van der Waals surface area contributed by atoms with Gasteiger partial charge in [-0.05, 0) is 26.0 Å². The fourth-order valence-corrected chi connectivity index (χ4v) is 1.45. The van der Waals surface area contributed by atoms with E-state index in [1.54, 1.807) is 6.92 Å². The van der Waals surface area contributed by atoms with E-state index in [2.05, 4.69) is 15.5 Å². The zero-order valence-electron chi connectivity index (χ0n) is 10.3. The van der Waals surface area contributed by atoms with E-state index in [0.717, 1.165) is 0 Å². The Bertz CT molecular complexity index is 422. The number of carbonyl (C=O) groups is 2. The molecule has 0 spiro atoms. The monoisotopic (exact) mass is 270 g/mol. The largest absolute Gasteiger partial charge is 0.355 e. The highest BCUT2D eigenvalue weighted by Crippen LogP contribution is 2.05. The van der Waals surface area contributed by atoms with Crippen LogP contribution < -0.4 is 5.32 Å². The third kappa shape index (κ3) is 3.96. The molecule has 1 N–H and O–H groups in total. The van der Waals surface area contributed by atoms with Gasteiger partial charge < -0.3 is 10.2 Å². The second kappa shape index (κ2) is 6.90. The number of nitrogens with one attached hydrogen (secondary N) is 1. The molecule has 1 aromatic rings. The molecule has 0 aliphatic rings. The van der Waals surface area contributed by atoms with E-state index in [1.165, 1.54) is 17.0 Å². The average molecular weight is 271 g/mol. The Morgan fingerprint density at radius 3 is 2.56 bits per heavy atom. The molecule has 1 heterocycles. The molecule has 0 unspecified atom stereocenters. The summed E-state index contributed by atoms with van der Waals surface area (Å²) in [5, 5.41) is 10.2. The molecule has 0 fully saturated rings. The van der Waals surface area contributed by atoms with Crippen LogP contribution in [0.25, 0.3) is 0 Å². The first-order valence-corrected chi connectivity index (χ1v) is 6.01. The Morgan fingerprint density at radius 1 is 1.33 bits per heavy atom. The van der Waals surface area contributed by atoms with Crippen LogP contribution >= 0.6 is 11.6 Å². The molecule has 0 saturated carbocycles. The highest BCUT2D eigenvalue weighted by molar-refractivity contribution is 6.29. The Morgan fingerprint density at radius 2 is 2.06 bits per heavy atom. The second-order valence-electron chi connectivity index (χ2n) is 3.51. The molecule has 0 aliphatic heterocycles. The quantitative estimate of drug-likeness (QED) is 0.856. The summed E-state index contributed by atoms with van der Waals surface area (Å²) in [7, 11) is 0. The first-order chi connectivity index (χ1) is 8.58. The maximum Gasteiger partial charge on any atom is 0.274 e. The molecule has 0 saturated heterocycles. The van der Waals surface area contributed by atoms with Crippen LogP contribution in [0.3, 0.4) is 0 Å². The summed E-state index contributed by atoms with van der Waals surface area (Å²) < 4.78 is 0. The molecule has 18 heavy (non-hydrogen) atoms. The zero-order valence-corrected chi connectivity index (χ0v) is 11.1. The van der Waals surface area contributed by atoms with Crippen LogP contribution in [0, 0.1) is 0 Å². The van der Waals surface area contributed by atoms with Crippen molar-refractivity contribution in [1.82, 2.24) is 20.4 Å². The molecule has 98 valence electrons. The van der Waals surface area contributed by atoms with E-state index in [9.17, 15) is 9.59 Å². The number of aromatic nitrogens is 2. The lowest BCUT2D eigenvalue weighted by molar-refractivity contribution is -0.121. The number of carbonyl (C=O) groups excluding carboxylic acids is 2. The van der Waals surface area contributed by atoms with E-state index in [4.69, 9.17) is 11.6 Å². The fraction of sp³-hybridized carbons (Fsp3) is 0.455. The van der Waals surface area contributed by atoms with Gasteiger partial charge in [0.25, 0.3) is 5.91 Å². The van der Waals surface area contributed by atoms with Crippen LogP contribution in [0.15, 0.2) is 12.1 Å². The minimum Gasteiger partial charge on any atom is -0.355 e. The Hall–Kier alpha value is -1.69. The van der Waals surface area contributed by atoms with Gasteiger partial charge in [0.1, 0.15) is 0 Å². The van der Waals surface area contributed by atoms with Gasteiger partial charge in [0.05, 0.1) is 6.54 Å². The van der Waals surface area contributed by atoms with Gasteiger partial charge in [-0.25, -0.2) is 0 Å². The molecule has 7 heteroatoms. The number of nitrogens with zero attached hydrogens (tertiary/aromatic N) is 3. The summed E-state index contributed by atoms with van der Waals surface area (Å²) in [4.78, 5) is 24.9. The van der Waals surface area contributed by atoms with Gasteiger partial charge in [-0.2, -0.15) is 0 Å². The van der Waals surface area contributed by atoms with Crippen molar-refractivity contribution in [2.45, 2.75) is 13.8 Å². The van der Waals surface area contributed by atoms with Gasteiger partial charge in [0.2, 0.25) is 5.91 Å². The van der Waals surface area contributed by atoms with E-state index in [1.807, 2.05) is 6.92 Å². The highest BCUT2D eigenvalue weighted by atomic mass is 35.5. The normalized spacial score (nSPS) is 9.94. The number of hydrogen-bond acceptors (Lipinski definition) is 4. The van der Waals surface area contributed by atoms with Gasteiger partial charge in [-0.15, -0.1) is 10.2 Å². The maximum atomic E-state index is 12.0. The van der Waals surface area contributed by atoms with Crippen molar-refractivity contribution >= 4 is 23.4 Å². The van der Waals surface area contributed by atoms with Gasteiger partial charge in [0.15, 0.2) is 10.8 Å². The third-order valence-electron chi connectivity index (χ3n) is 2.23. The van der Waals surface area contributed by atoms with Crippen LogP contribution in [0.5, 0.6) is 0 Å². The van der Waals surface area contributed by atoms with Crippen LogP contribution in [-0.4, -0.2) is 46.5 Å². The smallest absolute Gasteiger partial charge is 0.274 e. The lowest BCUT2D eigenvalue weighted by atomic mass is 10.3. The number of rotatable bonds is 5. The molecule has 0 bridgehead atoms. The summed E-state index contributed by atoms with van der Waals surface area (Å²) >= 11 is 5.59. The maximum absolute atomic E-state index is 12.0. The molecule has 2 amide bonds. The van der Waals surface area contributed by atoms with Crippen molar-refractivity contribution in [2.24, 2.45) is 0 Å². The summed E-state index contributed by atoms with van der Waals surface area (Å²) in [5.41, 5.74) is 0.172. The Labute approximate surface area is 110 Å².